The molecule has 0 unspecified atom stereocenters. The van der Waals surface area contributed by atoms with Gasteiger partial charge < -0.3 is 20.2 Å². The lowest BCUT2D eigenvalue weighted by molar-refractivity contribution is -0.148. The molecule has 2 aliphatic rings. The Hall–Kier alpha value is -4.33. The van der Waals surface area contributed by atoms with Crippen LogP contribution < -0.4 is 19.4 Å². The molecule has 3 aromatic rings. The Bertz CT molecular complexity index is 1750. The minimum absolute atomic E-state index is 0.122. The van der Waals surface area contributed by atoms with Crippen molar-refractivity contribution in [2.45, 2.75) is 36.3 Å². The fraction of sp³-hybridized carbons (Fsp3) is 0.375. The van der Waals surface area contributed by atoms with Gasteiger partial charge in [-0.25, -0.2) is 12.8 Å². The number of amides is 1. The van der Waals surface area contributed by atoms with Crippen LogP contribution in [0.4, 0.5) is 40.3 Å². The highest BCUT2D eigenvalue weighted by Crippen LogP contribution is 2.43. The van der Waals surface area contributed by atoms with Crippen molar-refractivity contribution >= 4 is 44.6 Å². The number of fused-ring (bicyclic) bond motifs is 1. The predicted octanol–water partition coefficient (Wildman–Crippen LogP) is 5.78. The van der Waals surface area contributed by atoms with Crippen LogP contribution in [0.5, 0.6) is 0 Å². The molecular weight excluding hydrogens is 628 g/mol. The highest BCUT2D eigenvalue weighted by Gasteiger charge is 2.43. The summed E-state index contributed by atoms with van der Waals surface area (Å²) in [7, 11) is 1.34. The van der Waals surface area contributed by atoms with E-state index in [2.05, 4.69) is 10.2 Å². The molecule has 5 rings (SSSR count). The molecule has 46 heavy (non-hydrogen) atoms. The van der Waals surface area contributed by atoms with Gasteiger partial charge in [-0.2, -0.15) is 13.2 Å². The van der Waals surface area contributed by atoms with Gasteiger partial charge in [-0.15, -0.1) is 0 Å². The van der Waals surface area contributed by atoms with Gasteiger partial charge in [-0.05, 0) is 72.9 Å². The fourth-order valence-electron chi connectivity index (χ4n) is 6.29. The number of hydrogen-bond donors (Lipinski definition) is 2. The topological polar surface area (TPSA) is 110 Å². The minimum Gasteiger partial charge on any atom is -0.481 e. The van der Waals surface area contributed by atoms with E-state index in [4.69, 9.17) is 0 Å². The first-order valence-electron chi connectivity index (χ1n) is 14.6. The zero-order valence-electron chi connectivity index (χ0n) is 25.4. The van der Waals surface area contributed by atoms with Crippen LogP contribution in [0.25, 0.3) is 0 Å². The Kier molecular flexibility index (Phi) is 8.95. The summed E-state index contributed by atoms with van der Waals surface area (Å²) in [5.74, 6) is -6.24. The average Bonchev–Trinajstić information content (AvgIpc) is 3.02. The van der Waals surface area contributed by atoms with E-state index >= 15 is 0 Å². The zero-order valence-corrected chi connectivity index (χ0v) is 26.2. The third kappa shape index (κ3) is 6.35. The van der Waals surface area contributed by atoms with Crippen molar-refractivity contribution in [1.29, 1.82) is 0 Å². The zero-order chi connectivity index (χ0) is 33.6. The summed E-state index contributed by atoms with van der Waals surface area (Å²) in [4.78, 5) is 29.8. The molecule has 14 heteroatoms. The van der Waals surface area contributed by atoms with E-state index in [1.54, 1.807) is 42.5 Å². The van der Waals surface area contributed by atoms with Crippen molar-refractivity contribution in [3.05, 3.63) is 77.6 Å². The quantitative estimate of drug-likeness (QED) is 0.309. The highest BCUT2D eigenvalue weighted by atomic mass is 32.2. The lowest BCUT2D eigenvalue weighted by Crippen LogP contribution is -2.40. The highest BCUT2D eigenvalue weighted by molar-refractivity contribution is 7.92. The number of hydrogen-bond acceptors (Lipinski definition) is 6. The Balaban J connectivity index is 1.35. The Labute approximate surface area is 264 Å². The van der Waals surface area contributed by atoms with Gasteiger partial charge in [0.25, 0.3) is 10.0 Å². The number of nitrogens with one attached hydrogen (secondary N) is 1. The maximum Gasteiger partial charge on any atom is 0.416 e. The van der Waals surface area contributed by atoms with Crippen molar-refractivity contribution in [3.8, 4) is 0 Å². The predicted molar refractivity (Wildman–Crippen MR) is 166 cm³/mol. The molecule has 1 amide bonds. The van der Waals surface area contributed by atoms with Crippen molar-refractivity contribution in [2.24, 2.45) is 11.8 Å². The van der Waals surface area contributed by atoms with Gasteiger partial charge in [0.15, 0.2) is 0 Å². The molecule has 0 spiro atoms. The molecule has 246 valence electrons. The van der Waals surface area contributed by atoms with Gasteiger partial charge in [-0.1, -0.05) is 18.6 Å². The van der Waals surface area contributed by atoms with Crippen LogP contribution in [0.1, 0.15) is 36.3 Å². The van der Waals surface area contributed by atoms with Gasteiger partial charge in [0, 0.05) is 34.2 Å². The van der Waals surface area contributed by atoms with Crippen LogP contribution in [0.2, 0.25) is 0 Å². The lowest BCUT2D eigenvalue weighted by Gasteiger charge is -2.35. The molecule has 9 nitrogen and oxygen atoms in total. The summed E-state index contributed by atoms with van der Waals surface area (Å²) in [5, 5.41) is 12.4. The SMILES string of the molecule is CN1CCN(C)c2cc(S(=O)(=O)N(C)c3ccc([C@H]4CCC[C@@H](C(=O)Nc5ccc(C(F)(F)F)cc5F)[C@@H]4C(=O)O)cc3)ccc21. The van der Waals surface area contributed by atoms with Gasteiger partial charge in [0.1, 0.15) is 5.82 Å². The van der Waals surface area contributed by atoms with Crippen LogP contribution in [0.15, 0.2) is 65.6 Å². The van der Waals surface area contributed by atoms with E-state index in [0.717, 1.165) is 34.8 Å². The Morgan fingerprint density at radius 1 is 0.935 bits per heavy atom. The number of carboxylic acid groups (broad SMARTS) is 1. The average molecular weight is 663 g/mol. The van der Waals surface area contributed by atoms with Gasteiger partial charge in [0.05, 0.1) is 45.0 Å². The van der Waals surface area contributed by atoms with E-state index in [1.807, 2.05) is 19.0 Å². The minimum atomic E-state index is -4.77. The lowest BCUT2D eigenvalue weighted by atomic mass is 9.69. The second kappa shape index (κ2) is 12.5. The number of carboxylic acids is 1. The van der Waals surface area contributed by atoms with Crippen LogP contribution in [-0.4, -0.2) is 59.6 Å². The van der Waals surface area contributed by atoms with Crippen LogP contribution >= 0.6 is 0 Å². The molecule has 3 aromatic carbocycles. The summed E-state index contributed by atoms with van der Waals surface area (Å²) >= 11 is 0. The number of carbonyl (C=O) groups excluding carboxylic acids is 1. The second-order valence-electron chi connectivity index (χ2n) is 11.7. The normalized spacial score (nSPS) is 20.2. The summed E-state index contributed by atoms with van der Waals surface area (Å²) in [5.41, 5.74) is 0.969. The summed E-state index contributed by atoms with van der Waals surface area (Å²) < 4.78 is 81.5. The maximum atomic E-state index is 14.4. The standard InChI is InChI=1S/C32H34F4N4O5S/c1-38-15-16-39(2)28-18-22(12-14-27(28)38)46(44,45)40(3)21-10-7-19(8-11-21)23-5-4-6-24(29(23)31(42)43)30(41)37-26-13-9-20(17-25(26)33)32(34,35)36/h7-14,17-18,23-24,29H,4-6,15-16H2,1-3H3,(H,37,41)(H,42,43)/t23-,24-,29-/m1/s1. The van der Waals surface area contributed by atoms with Crippen LogP contribution in [-0.2, 0) is 25.8 Å². The number of rotatable bonds is 7. The summed E-state index contributed by atoms with van der Waals surface area (Å²) in [6, 6.07) is 13.1. The molecule has 0 radical (unpaired) electrons. The molecule has 1 heterocycles. The molecule has 0 bridgehead atoms. The van der Waals surface area contributed by atoms with E-state index in [1.165, 1.54) is 7.05 Å². The van der Waals surface area contributed by atoms with E-state index in [9.17, 15) is 40.7 Å². The van der Waals surface area contributed by atoms with Crippen molar-refractivity contribution in [3.63, 3.8) is 0 Å². The van der Waals surface area contributed by atoms with Gasteiger partial charge in [-0.3, -0.25) is 13.9 Å². The molecule has 3 atom stereocenters. The number of halogens is 4. The van der Waals surface area contributed by atoms with Gasteiger partial charge >= 0.3 is 12.1 Å². The maximum absolute atomic E-state index is 14.4. The summed E-state index contributed by atoms with van der Waals surface area (Å²) in [6.07, 6.45) is -3.68. The fourth-order valence-corrected chi connectivity index (χ4v) is 7.51. The van der Waals surface area contributed by atoms with Crippen molar-refractivity contribution in [1.82, 2.24) is 0 Å². The molecule has 1 fully saturated rings. The number of anilines is 4. The summed E-state index contributed by atoms with van der Waals surface area (Å²) in [6.45, 7) is 1.56. The number of likely N-dealkylation sites (N-methyl/N-ethyl adjacent to an activating group) is 2. The second-order valence-corrected chi connectivity index (χ2v) is 13.7. The molecular formula is C32H34F4N4O5S. The van der Waals surface area contributed by atoms with E-state index in [-0.39, 0.29) is 17.4 Å². The number of carbonyl (C=O) groups is 2. The third-order valence-electron chi connectivity index (χ3n) is 8.96. The Morgan fingerprint density at radius 2 is 1.59 bits per heavy atom. The van der Waals surface area contributed by atoms with E-state index in [0.29, 0.717) is 30.2 Å². The monoisotopic (exact) mass is 662 g/mol. The molecule has 0 saturated heterocycles. The van der Waals surface area contributed by atoms with Gasteiger partial charge in [0.2, 0.25) is 5.91 Å². The number of nitrogens with zero attached hydrogens (tertiary/aromatic N) is 3. The van der Waals surface area contributed by atoms with Crippen LogP contribution in [0.3, 0.4) is 0 Å². The molecule has 2 N–H and O–H groups in total. The first-order valence-corrected chi connectivity index (χ1v) is 16.1. The number of benzene rings is 3. The largest absolute Gasteiger partial charge is 0.481 e. The molecule has 1 saturated carbocycles. The molecule has 1 aliphatic carbocycles. The smallest absolute Gasteiger partial charge is 0.416 e. The third-order valence-corrected chi connectivity index (χ3v) is 10.7. The molecule has 0 aromatic heterocycles. The number of sulfonamides is 1. The Morgan fingerprint density at radius 3 is 2.20 bits per heavy atom. The first-order chi connectivity index (χ1) is 21.6. The first kappa shape index (κ1) is 33.0. The van der Waals surface area contributed by atoms with E-state index < -0.39 is 62.9 Å². The number of aliphatic carboxylic acids is 1. The van der Waals surface area contributed by atoms with Crippen molar-refractivity contribution in [2.75, 3.05) is 53.7 Å². The van der Waals surface area contributed by atoms with Crippen LogP contribution in [0, 0.1) is 17.7 Å². The molecule has 1 aliphatic heterocycles. The number of alkyl halides is 3. The van der Waals surface area contributed by atoms with Crippen molar-refractivity contribution < 1.29 is 40.7 Å².